The normalized spacial score (nSPS) is 12.2. The predicted molar refractivity (Wildman–Crippen MR) is 77.8 cm³/mol. The highest BCUT2D eigenvalue weighted by Crippen LogP contribution is 2.20. The molecule has 0 saturated carbocycles. The first kappa shape index (κ1) is 16.9. The van der Waals surface area contributed by atoms with Gasteiger partial charge in [-0.3, -0.25) is 10.1 Å². The number of hydrogen-bond acceptors (Lipinski definition) is 4. The molecular formula is C13H23N5O3. The van der Waals surface area contributed by atoms with E-state index < -0.39 is 5.97 Å². The number of urea groups is 1. The van der Waals surface area contributed by atoms with Crippen molar-refractivity contribution in [3.05, 3.63) is 6.33 Å². The van der Waals surface area contributed by atoms with Crippen molar-refractivity contribution in [2.75, 3.05) is 11.9 Å². The summed E-state index contributed by atoms with van der Waals surface area (Å²) in [7, 11) is 1.68. The van der Waals surface area contributed by atoms with E-state index in [1.54, 1.807) is 7.05 Å². The molecule has 0 fully saturated rings. The number of hydrogen-bond donors (Lipinski definition) is 3. The van der Waals surface area contributed by atoms with Gasteiger partial charge < -0.3 is 10.4 Å². The molecule has 118 valence electrons. The molecule has 21 heavy (non-hydrogen) atoms. The average Bonchev–Trinajstić information content (AvgIpc) is 2.78. The second-order valence-corrected chi connectivity index (χ2v) is 5.31. The van der Waals surface area contributed by atoms with E-state index in [9.17, 15) is 9.59 Å². The number of amides is 2. The molecule has 1 rings (SSSR count). The lowest BCUT2D eigenvalue weighted by Gasteiger charge is -2.20. The summed E-state index contributed by atoms with van der Waals surface area (Å²) in [4.78, 5) is 26.2. The number of carbonyl (C=O) groups excluding carboxylic acids is 1. The highest BCUT2D eigenvalue weighted by Gasteiger charge is 2.15. The van der Waals surface area contributed by atoms with E-state index in [1.807, 2.05) is 0 Å². The van der Waals surface area contributed by atoms with Crippen LogP contribution in [0.5, 0.6) is 0 Å². The fraction of sp³-hybridized carbons (Fsp3) is 0.692. The van der Waals surface area contributed by atoms with Gasteiger partial charge in [0.15, 0.2) is 0 Å². The van der Waals surface area contributed by atoms with Crippen molar-refractivity contribution >= 4 is 17.9 Å². The Balaban J connectivity index is 2.31. The number of anilines is 1. The van der Waals surface area contributed by atoms with Gasteiger partial charge in [-0.25, -0.2) is 9.48 Å². The third kappa shape index (κ3) is 6.24. The molecule has 0 aliphatic rings. The number of aliphatic carboxylic acids is 1. The van der Waals surface area contributed by atoms with E-state index in [4.69, 9.17) is 5.11 Å². The number of nitrogens with one attached hydrogen (secondary N) is 2. The summed E-state index contributed by atoms with van der Waals surface area (Å²) in [6, 6.07) is -0.341. The third-order valence-corrected chi connectivity index (χ3v) is 3.41. The quantitative estimate of drug-likeness (QED) is 0.673. The minimum atomic E-state index is -0.784. The van der Waals surface area contributed by atoms with Crippen LogP contribution in [0.3, 0.4) is 0 Å². The number of carboxylic acids is 1. The second-order valence-electron chi connectivity index (χ2n) is 5.31. The molecule has 0 aliphatic carbocycles. The zero-order valence-electron chi connectivity index (χ0n) is 12.7. The lowest BCUT2D eigenvalue weighted by Crippen LogP contribution is -2.32. The van der Waals surface area contributed by atoms with Crippen LogP contribution in [0.15, 0.2) is 6.33 Å². The van der Waals surface area contributed by atoms with Gasteiger partial charge >= 0.3 is 12.0 Å². The molecule has 1 heterocycles. The van der Waals surface area contributed by atoms with Gasteiger partial charge in [-0.1, -0.05) is 13.8 Å². The van der Waals surface area contributed by atoms with Gasteiger partial charge in [-0.15, -0.1) is 0 Å². The molecule has 0 radical (unpaired) electrons. The number of aromatic nitrogens is 3. The first-order chi connectivity index (χ1) is 9.90. The lowest BCUT2D eigenvalue weighted by molar-refractivity contribution is -0.137. The number of aryl methyl sites for hydroxylation is 1. The van der Waals surface area contributed by atoms with Crippen LogP contribution in [-0.4, -0.2) is 38.4 Å². The van der Waals surface area contributed by atoms with Crippen LogP contribution in [0.2, 0.25) is 0 Å². The van der Waals surface area contributed by atoms with Crippen molar-refractivity contribution < 1.29 is 14.7 Å². The molecule has 3 N–H and O–H groups in total. The van der Waals surface area contributed by atoms with Gasteiger partial charge in [0.2, 0.25) is 5.95 Å². The SMILES string of the molecule is CC(C)C(CCNC(=O)Nc1ncnn1C)CCC(=O)O. The number of rotatable bonds is 8. The first-order valence-corrected chi connectivity index (χ1v) is 7.00. The van der Waals surface area contributed by atoms with Crippen molar-refractivity contribution in [2.45, 2.75) is 33.1 Å². The summed E-state index contributed by atoms with van der Waals surface area (Å²) in [5.74, 6) is 0.247. The molecule has 0 bridgehead atoms. The fourth-order valence-electron chi connectivity index (χ4n) is 2.05. The smallest absolute Gasteiger partial charge is 0.321 e. The van der Waals surface area contributed by atoms with Crippen LogP contribution in [0.4, 0.5) is 10.7 Å². The third-order valence-electron chi connectivity index (χ3n) is 3.41. The van der Waals surface area contributed by atoms with E-state index in [0.29, 0.717) is 24.8 Å². The van der Waals surface area contributed by atoms with E-state index >= 15 is 0 Å². The van der Waals surface area contributed by atoms with Crippen LogP contribution >= 0.6 is 0 Å². The Hall–Kier alpha value is -2.12. The van der Waals surface area contributed by atoms with Gasteiger partial charge in [0.25, 0.3) is 0 Å². The maximum absolute atomic E-state index is 11.7. The van der Waals surface area contributed by atoms with Gasteiger partial charge in [0, 0.05) is 20.0 Å². The van der Waals surface area contributed by atoms with Gasteiger partial charge in [-0.05, 0) is 24.7 Å². The van der Waals surface area contributed by atoms with Crippen LogP contribution < -0.4 is 10.6 Å². The highest BCUT2D eigenvalue weighted by molar-refractivity contribution is 5.87. The summed E-state index contributed by atoms with van der Waals surface area (Å²) < 4.78 is 1.46. The Kier molecular flexibility index (Phi) is 6.64. The van der Waals surface area contributed by atoms with Gasteiger partial charge in [0.05, 0.1) is 0 Å². The molecule has 0 saturated heterocycles. The van der Waals surface area contributed by atoms with Crippen molar-refractivity contribution in [1.82, 2.24) is 20.1 Å². The maximum atomic E-state index is 11.7. The predicted octanol–water partition coefficient (Wildman–Crippen LogP) is 1.46. The minimum Gasteiger partial charge on any atom is -0.481 e. The lowest BCUT2D eigenvalue weighted by atomic mass is 9.88. The van der Waals surface area contributed by atoms with Crippen molar-refractivity contribution in [3.8, 4) is 0 Å². The molecule has 1 unspecified atom stereocenters. The monoisotopic (exact) mass is 297 g/mol. The fourth-order valence-corrected chi connectivity index (χ4v) is 2.05. The van der Waals surface area contributed by atoms with E-state index in [1.165, 1.54) is 11.0 Å². The van der Waals surface area contributed by atoms with Crippen LogP contribution in [0, 0.1) is 11.8 Å². The maximum Gasteiger partial charge on any atom is 0.321 e. The Bertz CT molecular complexity index is 472. The number of carboxylic acid groups (broad SMARTS) is 1. The largest absolute Gasteiger partial charge is 0.481 e. The molecule has 0 aliphatic heterocycles. The highest BCUT2D eigenvalue weighted by atomic mass is 16.4. The summed E-state index contributed by atoms with van der Waals surface area (Å²) in [5.41, 5.74) is 0. The number of nitrogens with zero attached hydrogens (tertiary/aromatic N) is 3. The molecular weight excluding hydrogens is 274 g/mol. The molecule has 1 atom stereocenters. The van der Waals surface area contributed by atoms with E-state index in [0.717, 1.165) is 6.42 Å². The van der Waals surface area contributed by atoms with Crippen LogP contribution in [-0.2, 0) is 11.8 Å². The topological polar surface area (TPSA) is 109 Å². The Labute approximate surface area is 123 Å². The van der Waals surface area contributed by atoms with Crippen molar-refractivity contribution in [3.63, 3.8) is 0 Å². The van der Waals surface area contributed by atoms with Gasteiger partial charge in [-0.2, -0.15) is 10.1 Å². The van der Waals surface area contributed by atoms with Crippen LogP contribution in [0.1, 0.15) is 33.1 Å². The summed E-state index contributed by atoms with van der Waals surface area (Å²) >= 11 is 0. The zero-order chi connectivity index (χ0) is 15.8. The first-order valence-electron chi connectivity index (χ1n) is 7.00. The van der Waals surface area contributed by atoms with Gasteiger partial charge in [0.1, 0.15) is 6.33 Å². The van der Waals surface area contributed by atoms with Crippen molar-refractivity contribution in [2.24, 2.45) is 18.9 Å². The zero-order valence-corrected chi connectivity index (χ0v) is 12.7. The molecule has 0 spiro atoms. The van der Waals surface area contributed by atoms with E-state index in [2.05, 4.69) is 34.6 Å². The Morgan fingerprint density at radius 3 is 2.62 bits per heavy atom. The van der Waals surface area contributed by atoms with Crippen LogP contribution in [0.25, 0.3) is 0 Å². The van der Waals surface area contributed by atoms with E-state index in [-0.39, 0.29) is 18.4 Å². The molecule has 1 aromatic heterocycles. The number of carbonyl (C=O) groups is 2. The minimum absolute atomic E-state index is 0.161. The average molecular weight is 297 g/mol. The molecule has 8 heteroatoms. The summed E-state index contributed by atoms with van der Waals surface area (Å²) in [6.07, 6.45) is 2.89. The molecule has 8 nitrogen and oxygen atoms in total. The standard InChI is InChI=1S/C13H23N5O3/c1-9(2)10(4-5-11(19)20)6-7-14-13(21)17-12-15-8-16-18(12)3/h8-10H,4-7H2,1-3H3,(H,19,20)(H2,14,15,16,17,21). The molecule has 0 aromatic carbocycles. The Morgan fingerprint density at radius 2 is 2.10 bits per heavy atom. The summed E-state index contributed by atoms with van der Waals surface area (Å²) in [6.45, 7) is 4.62. The summed E-state index contributed by atoms with van der Waals surface area (Å²) in [5, 5.41) is 17.9. The molecule has 2 amide bonds. The molecule has 1 aromatic rings. The van der Waals surface area contributed by atoms with Crippen molar-refractivity contribution in [1.29, 1.82) is 0 Å². The second kappa shape index (κ2) is 8.23. The Morgan fingerprint density at radius 1 is 1.38 bits per heavy atom.